The number of aliphatic hydroxyl groups excluding tert-OH is 1. The van der Waals surface area contributed by atoms with E-state index in [9.17, 15) is 9.18 Å². The number of benzene rings is 1. The molecule has 20 heavy (non-hydrogen) atoms. The highest BCUT2D eigenvalue weighted by Crippen LogP contribution is 2.22. The molecular formula is C14H19FN2O3. The summed E-state index contributed by atoms with van der Waals surface area (Å²) in [6.07, 6.45) is 0. The van der Waals surface area contributed by atoms with Crippen LogP contribution >= 0.6 is 0 Å². The van der Waals surface area contributed by atoms with Crippen LogP contribution in [0.15, 0.2) is 18.2 Å². The third kappa shape index (κ3) is 3.46. The minimum Gasteiger partial charge on any atom is -0.480 e. The lowest BCUT2D eigenvalue weighted by Crippen LogP contribution is -2.48. The van der Waals surface area contributed by atoms with Crippen molar-refractivity contribution in [2.75, 3.05) is 39.8 Å². The number of hydrogen-bond donors (Lipinski definition) is 1. The average molecular weight is 282 g/mol. The highest BCUT2D eigenvalue weighted by atomic mass is 19.1. The van der Waals surface area contributed by atoms with E-state index >= 15 is 0 Å². The summed E-state index contributed by atoms with van der Waals surface area (Å²) in [4.78, 5) is 15.8. The van der Waals surface area contributed by atoms with Crippen LogP contribution in [-0.4, -0.2) is 60.6 Å². The van der Waals surface area contributed by atoms with Crippen LogP contribution in [0.25, 0.3) is 0 Å². The molecule has 2 rings (SSSR count). The molecule has 1 fully saturated rings. The third-order valence-corrected chi connectivity index (χ3v) is 3.41. The summed E-state index contributed by atoms with van der Waals surface area (Å²) in [6, 6.07) is 4.31. The molecule has 1 aromatic carbocycles. The Bertz CT molecular complexity index is 473. The van der Waals surface area contributed by atoms with Crippen LogP contribution in [-0.2, 0) is 11.4 Å². The number of aliphatic hydroxyl groups is 1. The number of amides is 1. The van der Waals surface area contributed by atoms with Gasteiger partial charge < -0.3 is 19.6 Å². The maximum absolute atomic E-state index is 13.6. The first-order valence-corrected chi connectivity index (χ1v) is 6.59. The molecule has 1 amide bonds. The summed E-state index contributed by atoms with van der Waals surface area (Å²) in [7, 11) is 2.01. The second kappa shape index (κ2) is 6.67. The molecule has 1 heterocycles. The van der Waals surface area contributed by atoms with Gasteiger partial charge in [0.25, 0.3) is 5.91 Å². The molecule has 0 bridgehead atoms. The minimum atomic E-state index is -0.567. The van der Waals surface area contributed by atoms with Crippen LogP contribution in [0.4, 0.5) is 4.39 Å². The molecule has 0 radical (unpaired) electrons. The smallest absolute Gasteiger partial charge is 0.260 e. The first kappa shape index (κ1) is 14.7. The summed E-state index contributed by atoms with van der Waals surface area (Å²) in [5.74, 6) is -0.773. The van der Waals surface area contributed by atoms with Gasteiger partial charge in [-0.05, 0) is 13.1 Å². The molecule has 0 aliphatic carbocycles. The molecule has 1 aliphatic rings. The number of para-hydroxylation sites is 1. The van der Waals surface area contributed by atoms with Crippen LogP contribution in [0.1, 0.15) is 5.56 Å². The molecule has 0 saturated carbocycles. The Kier molecular flexibility index (Phi) is 4.92. The average Bonchev–Trinajstić information content (AvgIpc) is 2.46. The van der Waals surface area contributed by atoms with Crippen LogP contribution in [0.2, 0.25) is 0 Å². The number of halogens is 1. The number of hydrogen-bond acceptors (Lipinski definition) is 4. The van der Waals surface area contributed by atoms with Gasteiger partial charge >= 0.3 is 0 Å². The van der Waals surface area contributed by atoms with Gasteiger partial charge in [0.1, 0.15) is 0 Å². The van der Waals surface area contributed by atoms with E-state index in [1.54, 1.807) is 11.0 Å². The van der Waals surface area contributed by atoms with E-state index in [1.807, 2.05) is 7.05 Å². The zero-order valence-electron chi connectivity index (χ0n) is 11.5. The molecule has 0 aromatic heterocycles. The Balaban J connectivity index is 1.93. The second-order valence-corrected chi connectivity index (χ2v) is 4.86. The fraction of sp³-hybridized carbons (Fsp3) is 0.500. The lowest BCUT2D eigenvalue weighted by molar-refractivity contribution is -0.135. The normalized spacial score (nSPS) is 16.2. The van der Waals surface area contributed by atoms with Gasteiger partial charge in [-0.3, -0.25) is 4.79 Å². The van der Waals surface area contributed by atoms with Gasteiger partial charge in [0.2, 0.25) is 0 Å². The minimum absolute atomic E-state index is 0.0440. The molecule has 0 unspecified atom stereocenters. The summed E-state index contributed by atoms with van der Waals surface area (Å²) < 4.78 is 18.9. The highest BCUT2D eigenvalue weighted by molar-refractivity contribution is 5.78. The van der Waals surface area contributed by atoms with Gasteiger partial charge in [-0.2, -0.15) is 0 Å². The second-order valence-electron chi connectivity index (χ2n) is 4.86. The van der Waals surface area contributed by atoms with Crippen LogP contribution in [0.5, 0.6) is 5.75 Å². The monoisotopic (exact) mass is 282 g/mol. The molecule has 0 atom stereocenters. The van der Waals surface area contributed by atoms with Gasteiger partial charge in [-0.1, -0.05) is 12.1 Å². The quantitative estimate of drug-likeness (QED) is 0.872. The lowest BCUT2D eigenvalue weighted by atomic mass is 10.2. The standard InChI is InChI=1S/C14H19FN2O3/c1-16-5-7-17(8-6-16)13(19)10-20-14-11(9-18)3-2-4-12(14)15/h2-4,18H,5-10H2,1H3. The Morgan fingerprint density at radius 3 is 2.70 bits per heavy atom. The first-order chi connectivity index (χ1) is 9.61. The summed E-state index contributed by atoms with van der Waals surface area (Å²) >= 11 is 0. The van der Waals surface area contributed by atoms with E-state index in [1.165, 1.54) is 12.1 Å². The van der Waals surface area contributed by atoms with Crippen LogP contribution < -0.4 is 4.74 Å². The highest BCUT2D eigenvalue weighted by Gasteiger charge is 2.20. The van der Waals surface area contributed by atoms with Crippen molar-refractivity contribution >= 4 is 5.91 Å². The molecule has 5 nitrogen and oxygen atoms in total. The number of ether oxygens (including phenoxy) is 1. The maximum Gasteiger partial charge on any atom is 0.260 e. The molecule has 1 aliphatic heterocycles. The molecule has 0 spiro atoms. The number of nitrogens with zero attached hydrogens (tertiary/aromatic N) is 2. The van der Waals surface area contributed by atoms with Crippen molar-refractivity contribution in [2.45, 2.75) is 6.61 Å². The van der Waals surface area contributed by atoms with E-state index in [2.05, 4.69) is 4.90 Å². The van der Waals surface area contributed by atoms with Gasteiger partial charge in [0.05, 0.1) is 6.61 Å². The zero-order chi connectivity index (χ0) is 14.5. The summed E-state index contributed by atoms with van der Waals surface area (Å²) in [6.45, 7) is 2.43. The van der Waals surface area contributed by atoms with Crippen molar-refractivity contribution in [1.82, 2.24) is 9.80 Å². The van der Waals surface area contributed by atoms with Crippen molar-refractivity contribution in [1.29, 1.82) is 0 Å². The number of carbonyl (C=O) groups excluding carboxylic acids is 1. The number of likely N-dealkylation sites (N-methyl/N-ethyl adjacent to an activating group) is 1. The van der Waals surface area contributed by atoms with Gasteiger partial charge in [0.15, 0.2) is 18.2 Å². The Hall–Kier alpha value is -1.66. The van der Waals surface area contributed by atoms with E-state index in [0.29, 0.717) is 18.7 Å². The fourth-order valence-electron chi connectivity index (χ4n) is 2.12. The van der Waals surface area contributed by atoms with E-state index in [4.69, 9.17) is 9.84 Å². The molecule has 1 saturated heterocycles. The number of carbonyl (C=O) groups is 1. The van der Waals surface area contributed by atoms with Gasteiger partial charge in [0, 0.05) is 31.7 Å². The van der Waals surface area contributed by atoms with Crippen molar-refractivity contribution < 1.29 is 19.0 Å². The van der Waals surface area contributed by atoms with E-state index < -0.39 is 5.82 Å². The summed E-state index contributed by atoms with van der Waals surface area (Å²) in [5, 5.41) is 9.14. The Morgan fingerprint density at radius 2 is 2.05 bits per heavy atom. The largest absolute Gasteiger partial charge is 0.480 e. The molecule has 110 valence electrons. The van der Waals surface area contributed by atoms with Crippen molar-refractivity contribution in [3.63, 3.8) is 0 Å². The summed E-state index contributed by atoms with van der Waals surface area (Å²) in [5.41, 5.74) is 0.344. The van der Waals surface area contributed by atoms with Gasteiger partial charge in [-0.25, -0.2) is 4.39 Å². The van der Waals surface area contributed by atoms with Crippen molar-refractivity contribution in [3.8, 4) is 5.75 Å². The number of piperazine rings is 1. The van der Waals surface area contributed by atoms with Crippen molar-refractivity contribution in [3.05, 3.63) is 29.6 Å². The first-order valence-electron chi connectivity index (χ1n) is 6.59. The van der Waals surface area contributed by atoms with E-state index in [0.717, 1.165) is 13.1 Å². The van der Waals surface area contributed by atoms with Crippen LogP contribution in [0, 0.1) is 5.82 Å². The van der Waals surface area contributed by atoms with Crippen LogP contribution in [0.3, 0.4) is 0 Å². The molecular weight excluding hydrogens is 263 g/mol. The van der Waals surface area contributed by atoms with Gasteiger partial charge in [-0.15, -0.1) is 0 Å². The predicted molar refractivity (Wildman–Crippen MR) is 71.9 cm³/mol. The molecule has 1 aromatic rings. The third-order valence-electron chi connectivity index (χ3n) is 3.41. The fourth-order valence-corrected chi connectivity index (χ4v) is 2.12. The Morgan fingerprint density at radius 1 is 1.35 bits per heavy atom. The predicted octanol–water partition coefficient (Wildman–Crippen LogP) is 0.471. The molecule has 6 heteroatoms. The maximum atomic E-state index is 13.6. The Labute approximate surface area is 117 Å². The zero-order valence-corrected chi connectivity index (χ0v) is 11.5. The van der Waals surface area contributed by atoms with E-state index in [-0.39, 0.29) is 24.9 Å². The SMILES string of the molecule is CN1CCN(C(=O)COc2c(F)cccc2CO)CC1. The van der Waals surface area contributed by atoms with Crippen molar-refractivity contribution in [2.24, 2.45) is 0 Å². The molecule has 1 N–H and O–H groups in total. The topological polar surface area (TPSA) is 53.0 Å². The lowest BCUT2D eigenvalue weighted by Gasteiger charge is -2.32. The number of rotatable bonds is 4.